The molecule has 57 heavy (non-hydrogen) atoms. The molecule has 2 heterocycles. The fourth-order valence-corrected chi connectivity index (χ4v) is 10.2. The minimum atomic E-state index is 0.896. The fraction of sp³-hybridized carbons (Fsp3) is 0. The van der Waals surface area contributed by atoms with E-state index in [0.29, 0.717) is 0 Å². The van der Waals surface area contributed by atoms with Crippen molar-refractivity contribution in [2.24, 2.45) is 0 Å². The minimum absolute atomic E-state index is 0.896. The van der Waals surface area contributed by atoms with E-state index in [2.05, 4.69) is 205 Å². The van der Waals surface area contributed by atoms with Crippen LogP contribution in [0.25, 0.3) is 96.7 Å². The summed E-state index contributed by atoms with van der Waals surface area (Å²) in [5.41, 5.74) is 9.81. The van der Waals surface area contributed by atoms with Crippen LogP contribution < -0.4 is 4.90 Å². The predicted molar refractivity (Wildman–Crippen MR) is 245 cm³/mol. The third-order valence-corrected chi connectivity index (χ3v) is 12.9. The number of rotatable bonds is 5. The van der Waals surface area contributed by atoms with Gasteiger partial charge in [-0.05, 0) is 91.5 Å². The van der Waals surface area contributed by atoms with Gasteiger partial charge in [0, 0.05) is 43.2 Å². The lowest BCUT2D eigenvalue weighted by atomic mass is 9.99. The Morgan fingerprint density at radius 2 is 0.982 bits per heavy atom. The van der Waals surface area contributed by atoms with Gasteiger partial charge in [0.1, 0.15) is 11.2 Å². The highest BCUT2D eigenvalue weighted by atomic mass is 32.1. The number of anilines is 3. The Labute approximate surface area is 333 Å². The summed E-state index contributed by atoms with van der Waals surface area (Å²) < 4.78 is 9.11. The van der Waals surface area contributed by atoms with Gasteiger partial charge in [0.2, 0.25) is 0 Å². The number of thiophene rings is 1. The number of hydrogen-bond donors (Lipinski definition) is 0. The summed E-state index contributed by atoms with van der Waals surface area (Å²) in [4.78, 5) is 2.44. The van der Waals surface area contributed by atoms with Crippen molar-refractivity contribution in [2.45, 2.75) is 0 Å². The van der Waals surface area contributed by atoms with Crippen molar-refractivity contribution in [3.8, 4) is 22.3 Å². The smallest absolute Gasteiger partial charge is 0.143 e. The van der Waals surface area contributed by atoms with E-state index >= 15 is 0 Å². The predicted octanol–water partition coefficient (Wildman–Crippen LogP) is 16.2. The van der Waals surface area contributed by atoms with Crippen LogP contribution >= 0.6 is 11.3 Å². The molecular formula is C54H33NOS. The highest BCUT2D eigenvalue weighted by molar-refractivity contribution is 7.27. The number of benzene rings is 10. The van der Waals surface area contributed by atoms with Gasteiger partial charge < -0.3 is 9.32 Å². The lowest BCUT2D eigenvalue weighted by Crippen LogP contribution is -2.10. The van der Waals surface area contributed by atoms with Crippen molar-refractivity contribution in [1.29, 1.82) is 0 Å². The summed E-state index contributed by atoms with van der Waals surface area (Å²) in [5.74, 6) is 0. The van der Waals surface area contributed by atoms with Crippen LogP contribution in [-0.4, -0.2) is 0 Å². The van der Waals surface area contributed by atoms with Gasteiger partial charge in [-0.1, -0.05) is 158 Å². The molecule has 0 aliphatic heterocycles. The summed E-state index contributed by atoms with van der Waals surface area (Å²) >= 11 is 1.89. The highest BCUT2D eigenvalue weighted by Crippen LogP contribution is 2.47. The van der Waals surface area contributed by atoms with Gasteiger partial charge in [0.05, 0.1) is 10.4 Å². The van der Waals surface area contributed by atoms with Crippen molar-refractivity contribution in [2.75, 3.05) is 4.90 Å². The minimum Gasteiger partial charge on any atom is -0.455 e. The van der Waals surface area contributed by atoms with Crippen molar-refractivity contribution in [3.63, 3.8) is 0 Å². The third kappa shape index (κ3) is 5.10. The SMILES string of the molecule is c1ccc(-c2cccc3c2oc2ccc(-c4ccc(N(c5ccc6c(ccc7ccccc76)c5)c5cccc6c5sc5c7ccccc7ccc65)cc4)cc23)cc1. The van der Waals surface area contributed by atoms with Crippen molar-refractivity contribution >= 4 is 103 Å². The molecule has 0 fully saturated rings. The van der Waals surface area contributed by atoms with Crippen molar-refractivity contribution in [3.05, 3.63) is 200 Å². The fourth-order valence-electron chi connectivity index (χ4n) is 8.88. The number of para-hydroxylation sites is 1. The molecule has 0 aliphatic carbocycles. The summed E-state index contributed by atoms with van der Waals surface area (Å²) in [6.07, 6.45) is 0. The summed E-state index contributed by atoms with van der Waals surface area (Å²) in [6, 6.07) is 72.7. The molecule has 0 saturated carbocycles. The normalized spacial score (nSPS) is 11.9. The summed E-state index contributed by atoms with van der Waals surface area (Å²) in [7, 11) is 0. The molecule has 0 amide bonds. The number of fused-ring (bicyclic) bond motifs is 11. The molecule has 0 N–H and O–H groups in total. The molecule has 12 aromatic rings. The molecule has 0 spiro atoms. The van der Waals surface area contributed by atoms with Crippen LogP contribution in [0.3, 0.4) is 0 Å². The molecule has 0 aliphatic rings. The second-order valence-electron chi connectivity index (χ2n) is 14.9. The lowest BCUT2D eigenvalue weighted by Gasteiger charge is -2.27. The van der Waals surface area contributed by atoms with E-state index in [0.717, 1.165) is 55.6 Å². The van der Waals surface area contributed by atoms with Crippen LogP contribution in [0.15, 0.2) is 205 Å². The molecule has 2 nitrogen and oxygen atoms in total. The van der Waals surface area contributed by atoms with E-state index in [9.17, 15) is 0 Å². The van der Waals surface area contributed by atoms with Gasteiger partial charge in [0.25, 0.3) is 0 Å². The van der Waals surface area contributed by atoms with E-state index in [1.807, 2.05) is 11.3 Å². The lowest BCUT2D eigenvalue weighted by molar-refractivity contribution is 0.670. The quantitative estimate of drug-likeness (QED) is 0.163. The van der Waals surface area contributed by atoms with E-state index in [-0.39, 0.29) is 0 Å². The molecule has 2 aromatic heterocycles. The first-order chi connectivity index (χ1) is 28.2. The Bertz CT molecular complexity index is 3520. The average molecular weight is 744 g/mol. The van der Waals surface area contributed by atoms with Gasteiger partial charge in [-0.2, -0.15) is 0 Å². The molecule has 266 valence electrons. The van der Waals surface area contributed by atoms with Crippen LogP contribution in [0.5, 0.6) is 0 Å². The maximum Gasteiger partial charge on any atom is 0.143 e. The highest BCUT2D eigenvalue weighted by Gasteiger charge is 2.20. The zero-order valence-electron chi connectivity index (χ0n) is 30.8. The van der Waals surface area contributed by atoms with Crippen LogP contribution in [0.4, 0.5) is 17.1 Å². The first-order valence-electron chi connectivity index (χ1n) is 19.4. The van der Waals surface area contributed by atoms with Gasteiger partial charge in [0.15, 0.2) is 0 Å². The van der Waals surface area contributed by atoms with Crippen molar-refractivity contribution in [1.82, 2.24) is 0 Å². The molecule has 10 aromatic carbocycles. The van der Waals surface area contributed by atoms with Gasteiger partial charge in [-0.15, -0.1) is 11.3 Å². The Kier molecular flexibility index (Phi) is 7.13. The van der Waals surface area contributed by atoms with Crippen LogP contribution in [-0.2, 0) is 0 Å². The van der Waals surface area contributed by atoms with Crippen LogP contribution in [0.1, 0.15) is 0 Å². The number of hydrogen-bond acceptors (Lipinski definition) is 3. The maximum absolute atomic E-state index is 6.51. The monoisotopic (exact) mass is 743 g/mol. The Balaban J connectivity index is 1.01. The van der Waals surface area contributed by atoms with Gasteiger partial charge in [-0.25, -0.2) is 0 Å². The molecule has 12 rings (SSSR count). The Hall–Kier alpha value is -7.20. The molecule has 0 saturated heterocycles. The largest absolute Gasteiger partial charge is 0.455 e. The molecule has 0 atom stereocenters. The van der Waals surface area contributed by atoms with Crippen LogP contribution in [0, 0.1) is 0 Å². The molecule has 0 bridgehead atoms. The Morgan fingerprint density at radius 1 is 0.351 bits per heavy atom. The molecule has 3 heteroatoms. The first kappa shape index (κ1) is 32.1. The second kappa shape index (κ2) is 12.7. The van der Waals surface area contributed by atoms with Crippen LogP contribution in [0.2, 0.25) is 0 Å². The topological polar surface area (TPSA) is 16.4 Å². The second-order valence-corrected chi connectivity index (χ2v) is 15.9. The van der Waals surface area contributed by atoms with Gasteiger partial charge >= 0.3 is 0 Å². The standard InChI is InChI=1S/C54H33NOS/c1-2-10-35(11-3-1)44-16-8-17-46-49-33-38(25-31-51(49)56-52(44)46)34-22-26-40(27-23-34)55(41-28-30-43-39(32-41)21-20-36-12-4-6-14-42(36)43)50-19-9-18-47-48-29-24-37-13-5-7-15-45(37)53(48)57-54(47)50/h1-33H. The molecular weight excluding hydrogens is 711 g/mol. The third-order valence-electron chi connectivity index (χ3n) is 11.6. The summed E-state index contributed by atoms with van der Waals surface area (Å²) in [6.45, 7) is 0. The summed E-state index contributed by atoms with van der Waals surface area (Å²) in [5, 5.41) is 12.4. The average Bonchev–Trinajstić information content (AvgIpc) is 3.86. The Morgan fingerprint density at radius 3 is 1.86 bits per heavy atom. The van der Waals surface area contributed by atoms with E-state index in [1.165, 1.54) is 58.2 Å². The number of nitrogens with zero attached hydrogens (tertiary/aromatic N) is 1. The van der Waals surface area contributed by atoms with Crippen molar-refractivity contribution < 1.29 is 4.42 Å². The van der Waals surface area contributed by atoms with Gasteiger partial charge in [-0.3, -0.25) is 0 Å². The zero-order valence-corrected chi connectivity index (χ0v) is 31.6. The number of furan rings is 1. The molecule has 0 unspecified atom stereocenters. The van der Waals surface area contributed by atoms with E-state index in [4.69, 9.17) is 4.42 Å². The van der Waals surface area contributed by atoms with E-state index in [1.54, 1.807) is 0 Å². The molecule has 0 radical (unpaired) electrons. The first-order valence-corrected chi connectivity index (χ1v) is 20.2. The van der Waals surface area contributed by atoms with E-state index < -0.39 is 0 Å². The maximum atomic E-state index is 6.51. The zero-order chi connectivity index (χ0) is 37.5.